The molecule has 0 aliphatic rings. The maximum Gasteiger partial charge on any atom is 0.333 e. The third kappa shape index (κ3) is 4.07. The largest absolute Gasteiger partial charge is 0.466 e. The van der Waals surface area contributed by atoms with Crippen LogP contribution in [-0.2, 0) is 16.0 Å². The molecule has 1 aromatic carbocycles. The van der Waals surface area contributed by atoms with Gasteiger partial charge in [-0.25, -0.2) is 4.79 Å². The van der Waals surface area contributed by atoms with Gasteiger partial charge in [-0.05, 0) is 23.9 Å². The van der Waals surface area contributed by atoms with Gasteiger partial charge in [0.05, 0.1) is 15.2 Å². The normalized spacial score (nSPS) is 13.7. The first-order valence-electron chi connectivity index (χ1n) is 7.43. The molecule has 1 aromatic rings. The fraction of sp³-hybridized carbons (Fsp3) is 0.500. The molecule has 2 nitrogen and oxygen atoms in total. The summed E-state index contributed by atoms with van der Waals surface area (Å²) in [6.45, 7) is 13.4. The Labute approximate surface area is 130 Å². The van der Waals surface area contributed by atoms with Crippen molar-refractivity contribution in [3.05, 3.63) is 46.7 Å². The molecule has 0 bridgehead atoms. The van der Waals surface area contributed by atoms with Gasteiger partial charge in [-0.2, -0.15) is 0 Å². The van der Waals surface area contributed by atoms with Crippen molar-refractivity contribution in [1.82, 2.24) is 0 Å². The Morgan fingerprint density at radius 1 is 1.14 bits per heavy atom. The molecule has 3 heteroatoms. The molecular weight excluding hydrogens is 276 g/mol. The SMILES string of the molecule is COC(=O)/C(C)=C(/Cc1ccccc1)[Si](C)(C)C(C)(C)C. The van der Waals surface area contributed by atoms with Crippen molar-refractivity contribution >= 4 is 14.0 Å². The number of hydrogen-bond donors (Lipinski definition) is 0. The fourth-order valence-corrected chi connectivity index (χ4v) is 4.94. The minimum Gasteiger partial charge on any atom is -0.466 e. The first-order valence-corrected chi connectivity index (χ1v) is 10.4. The zero-order valence-electron chi connectivity index (χ0n) is 14.4. The van der Waals surface area contributed by atoms with Crippen LogP contribution in [-0.4, -0.2) is 21.2 Å². The minimum atomic E-state index is -1.78. The Bertz CT molecular complexity index is 522. The van der Waals surface area contributed by atoms with E-state index in [0.29, 0.717) is 0 Å². The van der Waals surface area contributed by atoms with Gasteiger partial charge >= 0.3 is 5.97 Å². The monoisotopic (exact) mass is 304 g/mol. The molecule has 21 heavy (non-hydrogen) atoms. The van der Waals surface area contributed by atoms with Crippen LogP contribution in [0.15, 0.2) is 41.1 Å². The number of esters is 1. The molecule has 116 valence electrons. The van der Waals surface area contributed by atoms with Gasteiger partial charge in [0.2, 0.25) is 0 Å². The Balaban J connectivity index is 3.35. The average Bonchev–Trinajstić information content (AvgIpc) is 2.42. The second-order valence-electron chi connectivity index (χ2n) is 7.13. The highest BCUT2D eigenvalue weighted by atomic mass is 28.3. The molecule has 0 heterocycles. The van der Waals surface area contributed by atoms with Crippen LogP contribution >= 0.6 is 0 Å². The van der Waals surface area contributed by atoms with Crippen LogP contribution in [0.5, 0.6) is 0 Å². The second-order valence-corrected chi connectivity index (χ2v) is 12.5. The van der Waals surface area contributed by atoms with E-state index in [2.05, 4.69) is 46.0 Å². The molecule has 0 fully saturated rings. The topological polar surface area (TPSA) is 26.3 Å². The third-order valence-electron chi connectivity index (χ3n) is 4.80. The van der Waals surface area contributed by atoms with E-state index in [4.69, 9.17) is 4.74 Å². The van der Waals surface area contributed by atoms with E-state index in [-0.39, 0.29) is 11.0 Å². The molecule has 0 amide bonds. The third-order valence-corrected chi connectivity index (χ3v) is 10.6. The first-order chi connectivity index (χ1) is 9.61. The number of methoxy groups -OCH3 is 1. The van der Waals surface area contributed by atoms with E-state index in [1.54, 1.807) is 0 Å². The predicted octanol–water partition coefficient (Wildman–Crippen LogP) is 4.77. The van der Waals surface area contributed by atoms with Crippen molar-refractivity contribution in [2.75, 3.05) is 7.11 Å². The van der Waals surface area contributed by atoms with Gasteiger partial charge in [0, 0.05) is 5.57 Å². The van der Waals surface area contributed by atoms with Gasteiger partial charge in [0.25, 0.3) is 0 Å². The Hall–Kier alpha value is -1.35. The number of hydrogen-bond acceptors (Lipinski definition) is 2. The minimum absolute atomic E-state index is 0.187. The molecule has 0 saturated carbocycles. The molecule has 0 atom stereocenters. The van der Waals surface area contributed by atoms with Crippen molar-refractivity contribution in [3.8, 4) is 0 Å². The lowest BCUT2D eigenvalue weighted by Gasteiger charge is -2.40. The van der Waals surface area contributed by atoms with E-state index in [1.165, 1.54) is 17.9 Å². The summed E-state index contributed by atoms with van der Waals surface area (Å²) in [5.74, 6) is -0.203. The van der Waals surface area contributed by atoms with E-state index < -0.39 is 8.07 Å². The van der Waals surface area contributed by atoms with Crippen molar-refractivity contribution in [2.45, 2.75) is 52.2 Å². The lowest BCUT2D eigenvalue weighted by molar-refractivity contribution is -0.136. The summed E-state index contributed by atoms with van der Waals surface area (Å²) in [5, 5.41) is 1.47. The molecule has 0 aliphatic carbocycles. The summed E-state index contributed by atoms with van der Waals surface area (Å²) in [4.78, 5) is 12.1. The highest BCUT2D eigenvalue weighted by molar-refractivity contribution is 6.87. The van der Waals surface area contributed by atoms with Crippen molar-refractivity contribution in [2.24, 2.45) is 0 Å². The highest BCUT2D eigenvalue weighted by Gasteiger charge is 2.40. The van der Waals surface area contributed by atoms with Crippen LogP contribution in [0.3, 0.4) is 0 Å². The van der Waals surface area contributed by atoms with Crippen molar-refractivity contribution < 1.29 is 9.53 Å². The highest BCUT2D eigenvalue weighted by Crippen LogP contribution is 2.42. The van der Waals surface area contributed by atoms with Gasteiger partial charge in [-0.3, -0.25) is 0 Å². The maximum atomic E-state index is 12.1. The van der Waals surface area contributed by atoms with Gasteiger partial charge < -0.3 is 4.74 Å². The van der Waals surface area contributed by atoms with E-state index >= 15 is 0 Å². The molecule has 0 unspecified atom stereocenters. The van der Waals surface area contributed by atoms with Crippen molar-refractivity contribution in [3.63, 3.8) is 0 Å². The number of ether oxygens (including phenoxy) is 1. The maximum absolute atomic E-state index is 12.1. The zero-order chi connectivity index (χ0) is 16.3. The summed E-state index contributed by atoms with van der Waals surface area (Å²) in [5.41, 5.74) is 2.04. The molecule has 0 radical (unpaired) electrons. The second kappa shape index (κ2) is 6.61. The number of benzene rings is 1. The van der Waals surface area contributed by atoms with Crippen molar-refractivity contribution in [1.29, 1.82) is 0 Å². The summed E-state index contributed by atoms with van der Waals surface area (Å²) in [6.07, 6.45) is 0.832. The fourth-order valence-electron chi connectivity index (χ4n) is 2.35. The smallest absolute Gasteiger partial charge is 0.333 e. The number of allylic oxidation sites excluding steroid dienone is 1. The average molecular weight is 305 g/mol. The van der Waals surface area contributed by atoms with Crippen LogP contribution in [0.25, 0.3) is 0 Å². The molecular formula is C18H28O2Si. The summed E-state index contributed by atoms with van der Waals surface area (Å²) >= 11 is 0. The van der Waals surface area contributed by atoms with Crippen LogP contribution in [0.1, 0.15) is 33.3 Å². The lowest BCUT2D eigenvalue weighted by Crippen LogP contribution is -2.42. The number of carbonyl (C=O) groups is 1. The van der Waals surface area contributed by atoms with Crippen LogP contribution in [0, 0.1) is 0 Å². The Kier molecular flexibility index (Phi) is 5.57. The Morgan fingerprint density at radius 2 is 1.67 bits per heavy atom. The number of rotatable bonds is 4. The Morgan fingerprint density at radius 3 is 2.10 bits per heavy atom. The summed E-state index contributed by atoms with van der Waals surface area (Å²) in [6, 6.07) is 10.4. The standard InChI is InChI=1S/C18H28O2Si/c1-14(17(19)20-5)16(21(6,7)18(2,3)4)13-15-11-9-8-10-12-15/h8-12H,13H2,1-7H3/b16-14-. The number of carbonyl (C=O) groups excluding carboxylic acids is 1. The van der Waals surface area contributed by atoms with Gasteiger partial charge in [0.1, 0.15) is 0 Å². The summed E-state index contributed by atoms with van der Waals surface area (Å²) in [7, 11) is -0.324. The van der Waals surface area contributed by atoms with Crippen LogP contribution in [0.2, 0.25) is 18.1 Å². The molecule has 0 aliphatic heterocycles. The van der Waals surface area contributed by atoms with Gasteiger partial charge in [-0.15, -0.1) is 0 Å². The van der Waals surface area contributed by atoms with Crippen LogP contribution in [0.4, 0.5) is 0 Å². The lowest BCUT2D eigenvalue weighted by atomic mass is 10.1. The first kappa shape index (κ1) is 17.7. The molecule has 1 rings (SSSR count). The predicted molar refractivity (Wildman–Crippen MR) is 92.1 cm³/mol. The zero-order valence-corrected chi connectivity index (χ0v) is 15.4. The van der Waals surface area contributed by atoms with E-state index in [9.17, 15) is 4.79 Å². The molecule has 0 saturated heterocycles. The summed E-state index contributed by atoms with van der Waals surface area (Å²) < 4.78 is 4.96. The molecule has 0 spiro atoms. The van der Waals surface area contributed by atoms with E-state index in [1.807, 2.05) is 25.1 Å². The van der Waals surface area contributed by atoms with Gasteiger partial charge in [0.15, 0.2) is 0 Å². The van der Waals surface area contributed by atoms with Gasteiger partial charge in [-0.1, -0.05) is 69.4 Å². The quantitative estimate of drug-likeness (QED) is 0.455. The molecule has 0 N–H and O–H groups in total. The van der Waals surface area contributed by atoms with E-state index in [0.717, 1.165) is 12.0 Å². The molecule has 0 aromatic heterocycles. The van der Waals surface area contributed by atoms with Crippen LogP contribution < -0.4 is 0 Å².